The molecule has 0 fully saturated rings. The Morgan fingerprint density at radius 3 is 2.41 bits per heavy atom. The van der Waals surface area contributed by atoms with Crippen molar-refractivity contribution in [3.8, 4) is 0 Å². The van der Waals surface area contributed by atoms with Crippen molar-refractivity contribution < 1.29 is 24.3 Å². The van der Waals surface area contributed by atoms with Gasteiger partial charge in [0, 0.05) is 27.6 Å². The van der Waals surface area contributed by atoms with E-state index in [1.54, 1.807) is 0 Å². The number of pyridine rings is 1. The number of alkyl halides is 1. The highest BCUT2D eigenvalue weighted by molar-refractivity contribution is 5.98. The van der Waals surface area contributed by atoms with Crippen LogP contribution in [-0.4, -0.2) is 21.4 Å². The highest BCUT2D eigenvalue weighted by Gasteiger charge is 2.06. The number of nitrogens with one attached hydrogen (secondary N) is 2. The molecule has 0 spiro atoms. The second kappa shape index (κ2) is 13.7. The molecule has 2 N–H and O–H groups in total. The van der Waals surface area contributed by atoms with Crippen LogP contribution in [0, 0.1) is 5.92 Å². The number of urea groups is 1. The van der Waals surface area contributed by atoms with Crippen molar-refractivity contribution in [2.45, 2.75) is 26.9 Å². The average Bonchev–Trinajstić information content (AvgIpc) is 3.23. The first-order valence-electron chi connectivity index (χ1n) is 8.60. The van der Waals surface area contributed by atoms with Crippen LogP contribution in [0.2, 0.25) is 0 Å². The van der Waals surface area contributed by atoms with Crippen LogP contribution < -0.4 is 10.6 Å². The van der Waals surface area contributed by atoms with Gasteiger partial charge in [-0.1, -0.05) is 44.2 Å². The molecule has 0 radical (unpaired) electrons. The molecule has 2 heterocycles. The first-order valence-corrected chi connectivity index (χ1v) is 8.60. The molecule has 10 heteroatoms. The van der Waals surface area contributed by atoms with E-state index in [0.29, 0.717) is 11.3 Å². The quantitative estimate of drug-likeness (QED) is 0.574. The summed E-state index contributed by atoms with van der Waals surface area (Å²) in [5.41, 5.74) is 2.20. The third kappa shape index (κ3) is 9.89. The van der Waals surface area contributed by atoms with Gasteiger partial charge in [-0.05, 0) is 24.0 Å². The zero-order valence-electron chi connectivity index (χ0n) is 16.0. The number of rotatable bonds is 5. The van der Waals surface area contributed by atoms with Gasteiger partial charge in [0.1, 0.15) is 12.9 Å². The lowest BCUT2D eigenvalue weighted by Gasteiger charge is -2.04. The Morgan fingerprint density at radius 2 is 1.83 bits per heavy atom. The summed E-state index contributed by atoms with van der Waals surface area (Å²) in [6.45, 7) is 3.84. The summed E-state index contributed by atoms with van der Waals surface area (Å²) < 4.78 is 32.9. The average molecular weight is 411 g/mol. The predicted molar refractivity (Wildman–Crippen MR) is 105 cm³/mol. The van der Waals surface area contributed by atoms with E-state index in [9.17, 15) is 9.18 Å². The zero-order chi connectivity index (χ0) is 21.5. The smallest absolute Gasteiger partial charge is 0.319 e. The van der Waals surface area contributed by atoms with Crippen molar-refractivity contribution in [1.82, 2.24) is 15.4 Å². The van der Waals surface area contributed by atoms with Gasteiger partial charge < -0.3 is 9.84 Å². The first-order chi connectivity index (χ1) is 14.1. The molecule has 0 aliphatic rings. The van der Waals surface area contributed by atoms with E-state index in [-0.39, 0.29) is 7.31 Å². The topological polar surface area (TPSA) is 92.9 Å². The fraction of sp³-hybridized carbons (Fsp3) is 0.263. The van der Waals surface area contributed by atoms with Crippen molar-refractivity contribution in [2.75, 3.05) is 10.6 Å². The lowest BCUT2D eigenvalue weighted by molar-refractivity contribution is 0.108. The maximum atomic E-state index is 12.3. The number of aromatic nitrogens is 3. The molecule has 2 amide bonds. The third-order valence-corrected chi connectivity index (χ3v) is 3.29. The van der Waals surface area contributed by atoms with Crippen LogP contribution in [0.25, 0.3) is 0 Å². The summed E-state index contributed by atoms with van der Waals surface area (Å²) in [5, 5.41) is 11.4. The maximum Gasteiger partial charge on any atom is 0.326 e. The summed E-state index contributed by atoms with van der Waals surface area (Å²) in [6, 6.07) is 11.5. The van der Waals surface area contributed by atoms with Gasteiger partial charge in [0.15, 0.2) is 0 Å². The Morgan fingerprint density at radius 1 is 1.10 bits per heavy atom. The number of halogens is 3. The Hall–Kier alpha value is -3.43. The SMILES string of the molecule is CC(C)Cc1ccccc1.FF.O=C(Nc1cncc(CF)c1)Nc1cnno1.[HH]. The van der Waals surface area contributed by atoms with Gasteiger partial charge in [0.2, 0.25) is 0 Å². The van der Waals surface area contributed by atoms with E-state index < -0.39 is 12.7 Å². The molecular weight excluding hydrogens is 387 g/mol. The van der Waals surface area contributed by atoms with Crippen LogP contribution in [-0.2, 0) is 13.1 Å². The number of benzene rings is 1. The van der Waals surface area contributed by atoms with Gasteiger partial charge in [0.25, 0.3) is 5.88 Å². The van der Waals surface area contributed by atoms with Crippen LogP contribution >= 0.6 is 0 Å². The highest BCUT2D eigenvalue weighted by Crippen LogP contribution is 2.10. The second-order valence-corrected chi connectivity index (χ2v) is 6.16. The number of nitrogens with zero attached hydrogens (tertiary/aromatic N) is 3. The van der Waals surface area contributed by atoms with Crippen LogP contribution in [0.1, 0.15) is 26.4 Å². The Bertz CT molecular complexity index is 824. The van der Waals surface area contributed by atoms with Gasteiger partial charge in [-0.25, -0.2) is 9.18 Å². The van der Waals surface area contributed by atoms with Crippen molar-refractivity contribution >= 4 is 17.6 Å². The van der Waals surface area contributed by atoms with Crippen LogP contribution in [0.3, 0.4) is 0 Å². The summed E-state index contributed by atoms with van der Waals surface area (Å²) in [7, 11) is 0. The molecule has 0 atom stereocenters. The normalized spacial score (nSPS) is 9.59. The number of carbonyl (C=O) groups is 1. The number of carbonyl (C=O) groups excluding carboxylic acids is 1. The summed E-state index contributed by atoms with van der Waals surface area (Å²) in [6.07, 6.45) is 5.22. The monoisotopic (exact) mass is 411 g/mol. The van der Waals surface area contributed by atoms with Crippen LogP contribution in [0.15, 0.2) is 59.5 Å². The lowest BCUT2D eigenvalue weighted by atomic mass is 10.0. The molecule has 3 rings (SSSR count). The molecule has 0 unspecified atom stereocenters. The minimum absolute atomic E-state index is 0. The van der Waals surface area contributed by atoms with Crippen molar-refractivity contribution in [3.05, 3.63) is 66.1 Å². The lowest BCUT2D eigenvalue weighted by Crippen LogP contribution is -2.19. The van der Waals surface area contributed by atoms with Gasteiger partial charge in [-0.3, -0.25) is 10.3 Å². The van der Waals surface area contributed by atoms with E-state index in [4.69, 9.17) is 9.15 Å². The Kier molecular flexibility index (Phi) is 11.1. The largest absolute Gasteiger partial charge is 0.326 e. The number of amides is 2. The molecule has 0 saturated carbocycles. The Balaban J connectivity index is 0.000000557. The fourth-order valence-corrected chi connectivity index (χ4v) is 2.21. The van der Waals surface area contributed by atoms with Crippen molar-refractivity contribution in [2.24, 2.45) is 5.92 Å². The molecule has 0 aliphatic carbocycles. The van der Waals surface area contributed by atoms with Crippen molar-refractivity contribution in [3.63, 3.8) is 0 Å². The molecule has 2 aromatic heterocycles. The molecule has 0 bridgehead atoms. The van der Waals surface area contributed by atoms with Crippen LogP contribution in [0.5, 0.6) is 0 Å². The van der Waals surface area contributed by atoms with Gasteiger partial charge >= 0.3 is 6.03 Å². The van der Waals surface area contributed by atoms with E-state index in [1.807, 2.05) is 0 Å². The molecule has 3 aromatic rings. The van der Waals surface area contributed by atoms with Crippen molar-refractivity contribution in [1.29, 1.82) is 0 Å². The van der Waals surface area contributed by atoms with Gasteiger partial charge in [-0.2, -0.15) is 0 Å². The second-order valence-electron chi connectivity index (χ2n) is 6.16. The molecule has 29 heavy (non-hydrogen) atoms. The maximum absolute atomic E-state index is 12.3. The molecule has 0 aliphatic heterocycles. The zero-order valence-corrected chi connectivity index (χ0v) is 16.0. The van der Waals surface area contributed by atoms with E-state index >= 15 is 0 Å². The van der Waals surface area contributed by atoms with E-state index in [2.05, 4.69) is 74.7 Å². The number of hydrogen-bond donors (Lipinski definition) is 2. The minimum atomic E-state index is -0.643. The summed E-state index contributed by atoms with van der Waals surface area (Å²) in [5.74, 6) is 0.875. The molecule has 158 valence electrons. The number of anilines is 2. The van der Waals surface area contributed by atoms with Gasteiger partial charge in [0.05, 0.1) is 11.9 Å². The summed E-state index contributed by atoms with van der Waals surface area (Å²) in [4.78, 5) is 15.2. The first kappa shape index (κ1) is 23.6. The predicted octanol–water partition coefficient (Wildman–Crippen LogP) is 5.55. The molecule has 0 saturated heterocycles. The standard InChI is InChI=1S/C10H14.C9H8FN5O2.F2.H2/c1-9(2)8-10-6-4-3-5-7-10;10-2-6-1-7(4-11-3-6)13-9(16)14-8-5-12-15-17-8;1-2;/h3-7,9H,8H2,1-2H3;1,3-5H,2H2,(H2,13,14,16);;1H. The minimum Gasteiger partial charge on any atom is -0.319 e. The van der Waals surface area contributed by atoms with Gasteiger partial charge in [-0.15, -0.1) is 5.10 Å². The molecule has 1 aromatic carbocycles. The van der Waals surface area contributed by atoms with E-state index in [1.165, 1.54) is 36.6 Å². The van der Waals surface area contributed by atoms with E-state index in [0.717, 1.165) is 5.92 Å². The fourth-order valence-electron chi connectivity index (χ4n) is 2.21. The highest BCUT2D eigenvalue weighted by atomic mass is 20.0. The number of hydrogen-bond acceptors (Lipinski definition) is 5. The Labute approximate surface area is 167 Å². The third-order valence-electron chi connectivity index (χ3n) is 3.29. The molecule has 7 nitrogen and oxygen atoms in total. The van der Waals surface area contributed by atoms with Crippen LogP contribution in [0.4, 0.5) is 29.9 Å². The summed E-state index contributed by atoms with van der Waals surface area (Å²) >= 11 is 0. The molecular formula is C19H24F3N5O2.